The third-order valence-corrected chi connectivity index (χ3v) is 2.81. The zero-order valence-corrected chi connectivity index (χ0v) is 10.9. The van der Waals surface area contributed by atoms with Gasteiger partial charge in [0.05, 0.1) is 6.20 Å². The summed E-state index contributed by atoms with van der Waals surface area (Å²) in [5.41, 5.74) is 1.00. The van der Waals surface area contributed by atoms with E-state index < -0.39 is 0 Å². The smallest absolute Gasteiger partial charge is 0.320 e. The number of rotatable bonds is 4. The van der Waals surface area contributed by atoms with Gasteiger partial charge in [0.2, 0.25) is 0 Å². The standard InChI is InChI=1S/C13H13ClN4O/c14-11-4-2-1-3-10(11)5-6-17-13(19)18-12-9-15-7-8-16-12/h1-4,7-9H,5-6H2,(H2,16,17,18,19). The van der Waals surface area contributed by atoms with Gasteiger partial charge >= 0.3 is 6.03 Å². The van der Waals surface area contributed by atoms with Crippen molar-refractivity contribution in [3.05, 3.63) is 53.4 Å². The minimum atomic E-state index is -0.312. The first kappa shape index (κ1) is 13.3. The highest BCUT2D eigenvalue weighted by Gasteiger charge is 2.03. The highest BCUT2D eigenvalue weighted by molar-refractivity contribution is 6.31. The van der Waals surface area contributed by atoms with Crippen molar-refractivity contribution in [1.29, 1.82) is 0 Å². The summed E-state index contributed by atoms with van der Waals surface area (Å²) in [6.45, 7) is 0.496. The van der Waals surface area contributed by atoms with Crippen LogP contribution in [-0.4, -0.2) is 22.5 Å². The fourth-order valence-corrected chi connectivity index (χ4v) is 1.77. The van der Waals surface area contributed by atoms with Gasteiger partial charge in [-0.25, -0.2) is 9.78 Å². The van der Waals surface area contributed by atoms with Crippen LogP contribution >= 0.6 is 11.6 Å². The van der Waals surface area contributed by atoms with Gasteiger partial charge in [-0.15, -0.1) is 0 Å². The lowest BCUT2D eigenvalue weighted by atomic mass is 10.1. The predicted molar refractivity (Wildman–Crippen MR) is 74.2 cm³/mol. The Bertz CT molecular complexity index is 547. The zero-order chi connectivity index (χ0) is 13.5. The van der Waals surface area contributed by atoms with Crippen molar-refractivity contribution < 1.29 is 4.79 Å². The molecule has 0 radical (unpaired) electrons. The highest BCUT2D eigenvalue weighted by Crippen LogP contribution is 2.14. The number of benzene rings is 1. The number of urea groups is 1. The summed E-state index contributed by atoms with van der Waals surface area (Å²) in [5, 5.41) is 6.02. The van der Waals surface area contributed by atoms with Crippen LogP contribution in [0.15, 0.2) is 42.9 Å². The van der Waals surface area contributed by atoms with E-state index in [0.29, 0.717) is 23.8 Å². The molecule has 2 rings (SSSR count). The maximum absolute atomic E-state index is 11.6. The molecule has 1 aromatic carbocycles. The first-order valence-electron chi connectivity index (χ1n) is 5.80. The van der Waals surface area contributed by atoms with Gasteiger partial charge in [-0.05, 0) is 18.1 Å². The van der Waals surface area contributed by atoms with Crippen LogP contribution in [0.25, 0.3) is 0 Å². The van der Waals surface area contributed by atoms with Crippen LogP contribution in [0.3, 0.4) is 0 Å². The van der Waals surface area contributed by atoms with E-state index in [-0.39, 0.29) is 6.03 Å². The van der Waals surface area contributed by atoms with Gasteiger partial charge < -0.3 is 5.32 Å². The quantitative estimate of drug-likeness (QED) is 0.902. The lowest BCUT2D eigenvalue weighted by Crippen LogP contribution is -2.30. The molecule has 6 heteroatoms. The molecule has 5 nitrogen and oxygen atoms in total. The van der Waals surface area contributed by atoms with E-state index in [1.807, 2.05) is 24.3 Å². The molecule has 0 unspecified atom stereocenters. The number of aromatic nitrogens is 2. The molecule has 0 fully saturated rings. The third kappa shape index (κ3) is 4.22. The summed E-state index contributed by atoms with van der Waals surface area (Å²) in [6.07, 6.45) is 5.21. The van der Waals surface area contributed by atoms with Gasteiger partial charge in [0.15, 0.2) is 5.82 Å². The van der Waals surface area contributed by atoms with Gasteiger partial charge in [-0.1, -0.05) is 29.8 Å². The van der Waals surface area contributed by atoms with Crippen molar-refractivity contribution in [2.75, 3.05) is 11.9 Å². The van der Waals surface area contributed by atoms with E-state index in [4.69, 9.17) is 11.6 Å². The average molecular weight is 277 g/mol. The number of nitrogens with one attached hydrogen (secondary N) is 2. The van der Waals surface area contributed by atoms with Crippen LogP contribution in [-0.2, 0) is 6.42 Å². The van der Waals surface area contributed by atoms with Gasteiger partial charge in [-0.2, -0.15) is 0 Å². The number of hydrogen-bond donors (Lipinski definition) is 2. The number of carbonyl (C=O) groups excluding carboxylic acids is 1. The van der Waals surface area contributed by atoms with Crippen molar-refractivity contribution in [3.8, 4) is 0 Å². The normalized spacial score (nSPS) is 9.95. The summed E-state index contributed by atoms with van der Waals surface area (Å²) >= 11 is 6.02. The fraction of sp³-hybridized carbons (Fsp3) is 0.154. The van der Waals surface area contributed by atoms with E-state index in [1.54, 1.807) is 6.20 Å². The van der Waals surface area contributed by atoms with E-state index in [1.165, 1.54) is 12.4 Å². The molecule has 0 spiro atoms. The first-order chi connectivity index (χ1) is 9.25. The van der Waals surface area contributed by atoms with E-state index in [9.17, 15) is 4.79 Å². The van der Waals surface area contributed by atoms with E-state index in [0.717, 1.165) is 5.56 Å². The number of amides is 2. The van der Waals surface area contributed by atoms with E-state index >= 15 is 0 Å². The SMILES string of the molecule is O=C(NCCc1ccccc1Cl)Nc1cnccn1. The largest absolute Gasteiger partial charge is 0.337 e. The molecule has 19 heavy (non-hydrogen) atoms. The van der Waals surface area contributed by atoms with Gasteiger partial charge in [-0.3, -0.25) is 10.3 Å². The monoisotopic (exact) mass is 276 g/mol. The highest BCUT2D eigenvalue weighted by atomic mass is 35.5. The molecule has 1 aromatic heterocycles. The number of nitrogens with zero attached hydrogens (tertiary/aromatic N) is 2. The number of halogens is 1. The van der Waals surface area contributed by atoms with Crippen molar-refractivity contribution in [1.82, 2.24) is 15.3 Å². The molecule has 1 heterocycles. The molecular weight excluding hydrogens is 264 g/mol. The van der Waals surface area contributed by atoms with Crippen LogP contribution in [0, 0.1) is 0 Å². The fourth-order valence-electron chi connectivity index (χ4n) is 1.54. The summed E-state index contributed by atoms with van der Waals surface area (Å²) in [4.78, 5) is 19.4. The molecule has 0 bridgehead atoms. The molecule has 98 valence electrons. The minimum Gasteiger partial charge on any atom is -0.337 e. The molecule has 0 aliphatic heterocycles. The van der Waals surface area contributed by atoms with Gasteiger partial charge in [0.1, 0.15) is 0 Å². The molecular formula is C13H13ClN4O. The van der Waals surface area contributed by atoms with Crippen molar-refractivity contribution in [2.45, 2.75) is 6.42 Å². The second-order valence-corrected chi connectivity index (χ2v) is 4.22. The van der Waals surface area contributed by atoms with Crippen LogP contribution in [0.2, 0.25) is 5.02 Å². The van der Waals surface area contributed by atoms with Crippen LogP contribution in [0.4, 0.5) is 10.6 Å². The second-order valence-electron chi connectivity index (χ2n) is 3.81. The van der Waals surface area contributed by atoms with Crippen LogP contribution in [0.5, 0.6) is 0 Å². The Hall–Kier alpha value is -2.14. The lowest BCUT2D eigenvalue weighted by molar-refractivity contribution is 0.252. The summed E-state index contributed by atoms with van der Waals surface area (Å²) < 4.78 is 0. The summed E-state index contributed by atoms with van der Waals surface area (Å²) in [5.74, 6) is 0.415. The Balaban J connectivity index is 1.77. The Kier molecular flexibility index (Phi) is 4.69. The predicted octanol–water partition coefficient (Wildman–Crippen LogP) is 2.49. The minimum absolute atomic E-state index is 0.312. The Morgan fingerprint density at radius 3 is 2.84 bits per heavy atom. The molecule has 2 aromatic rings. The zero-order valence-electron chi connectivity index (χ0n) is 10.1. The van der Waals surface area contributed by atoms with E-state index in [2.05, 4.69) is 20.6 Å². The first-order valence-corrected chi connectivity index (χ1v) is 6.18. The number of hydrogen-bond acceptors (Lipinski definition) is 3. The van der Waals surface area contributed by atoms with Crippen molar-refractivity contribution >= 4 is 23.4 Å². The molecule has 2 N–H and O–H groups in total. The molecule has 0 atom stereocenters. The Labute approximate surface area is 116 Å². The van der Waals surface area contributed by atoms with Crippen molar-refractivity contribution in [3.63, 3.8) is 0 Å². The maximum Gasteiger partial charge on any atom is 0.320 e. The molecule has 0 aliphatic rings. The van der Waals surface area contributed by atoms with Crippen LogP contribution in [0.1, 0.15) is 5.56 Å². The second kappa shape index (κ2) is 6.70. The number of anilines is 1. The van der Waals surface area contributed by atoms with Gasteiger partial charge in [0, 0.05) is 24.0 Å². The average Bonchev–Trinajstić information content (AvgIpc) is 2.42. The maximum atomic E-state index is 11.6. The third-order valence-electron chi connectivity index (χ3n) is 2.44. The lowest BCUT2D eigenvalue weighted by Gasteiger charge is -2.07. The Morgan fingerprint density at radius 2 is 2.11 bits per heavy atom. The molecule has 0 aliphatic carbocycles. The molecule has 0 saturated carbocycles. The summed E-state index contributed by atoms with van der Waals surface area (Å²) in [6, 6.07) is 7.25. The Morgan fingerprint density at radius 1 is 1.26 bits per heavy atom. The topological polar surface area (TPSA) is 66.9 Å². The summed E-state index contributed by atoms with van der Waals surface area (Å²) in [7, 11) is 0. The van der Waals surface area contributed by atoms with Crippen LogP contribution < -0.4 is 10.6 Å². The molecule has 0 saturated heterocycles. The van der Waals surface area contributed by atoms with Crippen molar-refractivity contribution in [2.24, 2.45) is 0 Å². The number of carbonyl (C=O) groups is 1. The van der Waals surface area contributed by atoms with Gasteiger partial charge in [0.25, 0.3) is 0 Å². The molecule has 2 amide bonds.